The van der Waals surface area contributed by atoms with E-state index in [1.165, 1.54) is 12.1 Å². The van der Waals surface area contributed by atoms with Gasteiger partial charge in [0.2, 0.25) is 0 Å². The van der Waals surface area contributed by atoms with Gasteiger partial charge in [-0.15, -0.1) is 13.2 Å². The average molecular weight is 261 g/mol. The van der Waals surface area contributed by atoms with Crippen molar-refractivity contribution in [3.05, 3.63) is 24.3 Å². The van der Waals surface area contributed by atoms with Crippen molar-refractivity contribution in [3.63, 3.8) is 0 Å². The van der Waals surface area contributed by atoms with Crippen molar-refractivity contribution in [1.82, 2.24) is 0 Å². The van der Waals surface area contributed by atoms with Crippen molar-refractivity contribution in [3.8, 4) is 5.75 Å². The van der Waals surface area contributed by atoms with E-state index in [0.29, 0.717) is 5.92 Å². The quantitative estimate of drug-likeness (QED) is 0.765. The van der Waals surface area contributed by atoms with Crippen LogP contribution in [0.2, 0.25) is 0 Å². The number of anilines is 1. The third kappa shape index (κ3) is 6.37. The van der Waals surface area contributed by atoms with Crippen molar-refractivity contribution >= 4 is 5.69 Å². The summed E-state index contributed by atoms with van der Waals surface area (Å²) >= 11 is 0. The molecule has 0 spiro atoms. The van der Waals surface area contributed by atoms with Crippen LogP contribution in [0.4, 0.5) is 18.9 Å². The number of rotatable bonds is 6. The van der Waals surface area contributed by atoms with Crippen LogP contribution in [0.15, 0.2) is 24.3 Å². The van der Waals surface area contributed by atoms with Crippen molar-refractivity contribution in [2.75, 3.05) is 11.9 Å². The smallest absolute Gasteiger partial charge is 0.406 e. The Bertz CT molecular complexity index is 346. The number of hydrogen-bond acceptors (Lipinski definition) is 2. The van der Waals surface area contributed by atoms with Crippen LogP contribution in [0.1, 0.15) is 26.7 Å². The Labute approximate surface area is 105 Å². The maximum atomic E-state index is 11.9. The van der Waals surface area contributed by atoms with Crippen molar-refractivity contribution in [1.29, 1.82) is 0 Å². The number of alkyl halides is 3. The van der Waals surface area contributed by atoms with E-state index < -0.39 is 6.36 Å². The number of hydrogen-bond donors (Lipinski definition) is 1. The molecular formula is C13H18F3NO. The first kappa shape index (κ1) is 14.7. The van der Waals surface area contributed by atoms with Crippen LogP contribution in [0, 0.1) is 5.92 Å². The Morgan fingerprint density at radius 1 is 1.17 bits per heavy atom. The highest BCUT2D eigenvalue weighted by molar-refractivity contribution is 5.46. The highest BCUT2D eigenvalue weighted by atomic mass is 19.4. The van der Waals surface area contributed by atoms with E-state index in [0.717, 1.165) is 25.1 Å². The van der Waals surface area contributed by atoms with E-state index in [9.17, 15) is 13.2 Å². The van der Waals surface area contributed by atoms with Crippen molar-refractivity contribution < 1.29 is 17.9 Å². The summed E-state index contributed by atoms with van der Waals surface area (Å²) < 4.78 is 39.6. The topological polar surface area (TPSA) is 21.3 Å². The van der Waals surface area contributed by atoms with Gasteiger partial charge in [-0.1, -0.05) is 13.8 Å². The third-order valence-electron chi connectivity index (χ3n) is 2.38. The fourth-order valence-electron chi connectivity index (χ4n) is 1.52. The Kier molecular flexibility index (Phi) is 5.31. The van der Waals surface area contributed by atoms with Crippen LogP contribution < -0.4 is 10.1 Å². The molecule has 0 aromatic heterocycles. The number of benzene rings is 1. The van der Waals surface area contributed by atoms with E-state index in [4.69, 9.17) is 0 Å². The predicted molar refractivity (Wildman–Crippen MR) is 65.7 cm³/mol. The summed E-state index contributed by atoms with van der Waals surface area (Å²) in [6.07, 6.45) is -2.47. The molecule has 0 aliphatic rings. The average Bonchev–Trinajstić information content (AvgIpc) is 2.24. The zero-order valence-electron chi connectivity index (χ0n) is 10.6. The first-order valence-corrected chi connectivity index (χ1v) is 5.96. The van der Waals surface area contributed by atoms with Crippen LogP contribution in [0.25, 0.3) is 0 Å². The molecule has 0 radical (unpaired) electrons. The number of nitrogens with one attached hydrogen (secondary N) is 1. The molecule has 0 unspecified atom stereocenters. The lowest BCUT2D eigenvalue weighted by Gasteiger charge is -2.10. The Balaban J connectivity index is 2.36. The fraction of sp³-hybridized carbons (Fsp3) is 0.538. The first-order valence-electron chi connectivity index (χ1n) is 5.96. The van der Waals surface area contributed by atoms with Gasteiger partial charge >= 0.3 is 6.36 Å². The van der Waals surface area contributed by atoms with Gasteiger partial charge < -0.3 is 10.1 Å². The van der Waals surface area contributed by atoms with Gasteiger partial charge in [0.25, 0.3) is 0 Å². The molecule has 1 rings (SSSR count). The molecule has 0 saturated heterocycles. The van der Waals surface area contributed by atoms with Gasteiger partial charge in [-0.3, -0.25) is 0 Å². The third-order valence-corrected chi connectivity index (χ3v) is 2.38. The minimum Gasteiger partial charge on any atom is -0.406 e. The van der Waals surface area contributed by atoms with E-state index in [1.54, 1.807) is 12.1 Å². The summed E-state index contributed by atoms with van der Waals surface area (Å²) in [7, 11) is 0. The molecule has 0 amide bonds. The van der Waals surface area contributed by atoms with Gasteiger partial charge in [-0.2, -0.15) is 0 Å². The van der Waals surface area contributed by atoms with E-state index in [-0.39, 0.29) is 5.75 Å². The largest absolute Gasteiger partial charge is 0.573 e. The van der Waals surface area contributed by atoms with Gasteiger partial charge in [0.1, 0.15) is 5.75 Å². The highest BCUT2D eigenvalue weighted by Crippen LogP contribution is 2.23. The molecule has 1 aromatic rings. The zero-order valence-corrected chi connectivity index (χ0v) is 10.6. The SMILES string of the molecule is CC(C)CCCNc1ccc(OC(F)(F)F)cc1. The maximum Gasteiger partial charge on any atom is 0.573 e. The van der Waals surface area contributed by atoms with Gasteiger partial charge in [0.15, 0.2) is 0 Å². The normalized spacial score (nSPS) is 11.7. The molecule has 5 heteroatoms. The molecule has 0 bridgehead atoms. The number of ether oxygens (including phenoxy) is 1. The molecule has 0 atom stereocenters. The summed E-state index contributed by atoms with van der Waals surface area (Å²) in [5, 5.41) is 3.15. The standard InChI is InChI=1S/C13H18F3NO/c1-10(2)4-3-9-17-11-5-7-12(8-6-11)18-13(14,15)16/h5-8,10,17H,3-4,9H2,1-2H3. The molecule has 0 heterocycles. The lowest BCUT2D eigenvalue weighted by atomic mass is 10.1. The summed E-state index contributed by atoms with van der Waals surface area (Å²) in [6, 6.07) is 5.77. The minimum atomic E-state index is -4.63. The van der Waals surface area contributed by atoms with Crippen LogP contribution in [-0.2, 0) is 0 Å². The second kappa shape index (κ2) is 6.52. The molecule has 1 aromatic carbocycles. The van der Waals surface area contributed by atoms with Crippen LogP contribution in [-0.4, -0.2) is 12.9 Å². The van der Waals surface area contributed by atoms with Gasteiger partial charge in [0.05, 0.1) is 0 Å². The molecule has 0 aliphatic carbocycles. The lowest BCUT2D eigenvalue weighted by Crippen LogP contribution is -2.17. The predicted octanol–water partition coefficient (Wildman–Crippen LogP) is 4.43. The molecule has 0 fully saturated rings. The Hall–Kier alpha value is -1.39. The molecule has 2 nitrogen and oxygen atoms in total. The second-order valence-corrected chi connectivity index (χ2v) is 4.54. The van der Waals surface area contributed by atoms with E-state index in [1.807, 2.05) is 0 Å². The summed E-state index contributed by atoms with van der Waals surface area (Å²) in [4.78, 5) is 0. The van der Waals surface area contributed by atoms with Gasteiger partial charge in [-0.05, 0) is 43.0 Å². The molecule has 0 saturated carbocycles. The molecule has 0 aliphatic heterocycles. The van der Waals surface area contributed by atoms with Crippen LogP contribution in [0.3, 0.4) is 0 Å². The monoisotopic (exact) mass is 261 g/mol. The van der Waals surface area contributed by atoms with Crippen molar-refractivity contribution in [2.45, 2.75) is 33.1 Å². The molecule has 1 N–H and O–H groups in total. The zero-order chi connectivity index (χ0) is 13.6. The maximum absolute atomic E-state index is 11.9. The molecule has 102 valence electrons. The number of halogens is 3. The van der Waals surface area contributed by atoms with E-state index in [2.05, 4.69) is 23.9 Å². The summed E-state index contributed by atoms with van der Waals surface area (Å²) in [5.74, 6) is 0.463. The van der Waals surface area contributed by atoms with Gasteiger partial charge in [0, 0.05) is 12.2 Å². The lowest BCUT2D eigenvalue weighted by molar-refractivity contribution is -0.274. The molecular weight excluding hydrogens is 243 g/mol. The second-order valence-electron chi connectivity index (χ2n) is 4.54. The summed E-state index contributed by atoms with van der Waals surface area (Å²) in [6.45, 7) is 5.13. The van der Waals surface area contributed by atoms with Gasteiger partial charge in [-0.25, -0.2) is 0 Å². The Morgan fingerprint density at radius 3 is 2.28 bits per heavy atom. The Morgan fingerprint density at radius 2 is 1.78 bits per heavy atom. The van der Waals surface area contributed by atoms with Crippen LogP contribution in [0.5, 0.6) is 5.75 Å². The van der Waals surface area contributed by atoms with Crippen LogP contribution >= 0.6 is 0 Å². The van der Waals surface area contributed by atoms with E-state index >= 15 is 0 Å². The minimum absolute atomic E-state index is 0.199. The fourth-order valence-corrected chi connectivity index (χ4v) is 1.52. The highest BCUT2D eigenvalue weighted by Gasteiger charge is 2.30. The first-order chi connectivity index (χ1) is 8.37. The van der Waals surface area contributed by atoms with Crippen molar-refractivity contribution in [2.24, 2.45) is 5.92 Å². The summed E-state index contributed by atoms with van der Waals surface area (Å²) in [5.41, 5.74) is 0.799. The molecule has 18 heavy (non-hydrogen) atoms.